The molecule has 0 radical (unpaired) electrons. The molecule has 0 saturated heterocycles. The van der Waals surface area contributed by atoms with Gasteiger partial charge in [-0.05, 0) is 106 Å². The number of rotatable bonds is 16. The van der Waals surface area contributed by atoms with E-state index in [2.05, 4.69) is 65.0 Å². The van der Waals surface area contributed by atoms with Crippen LogP contribution >= 0.6 is 7.60 Å². The normalized spacial score (nSPS) is 12.7. The third kappa shape index (κ3) is 11.3. The fraction of sp³-hybridized carbons (Fsp3) is 0.600. The summed E-state index contributed by atoms with van der Waals surface area (Å²) in [5.74, 6) is 1.71. The quantitative estimate of drug-likeness (QED) is 0.180. The molecule has 2 aromatic rings. The van der Waals surface area contributed by atoms with E-state index in [1.807, 2.05) is 0 Å². The van der Waals surface area contributed by atoms with E-state index in [-0.39, 0.29) is 6.16 Å². The average molecular weight is 503 g/mol. The zero-order chi connectivity index (χ0) is 25.8. The monoisotopic (exact) mass is 502 g/mol. The summed E-state index contributed by atoms with van der Waals surface area (Å²) in [6.45, 7) is 11.6. The molecule has 1 atom stereocenters. The Morgan fingerprint density at radius 1 is 0.800 bits per heavy atom. The lowest BCUT2D eigenvalue weighted by atomic mass is 9.89. The van der Waals surface area contributed by atoms with E-state index in [0.29, 0.717) is 12.3 Å². The fourth-order valence-corrected chi connectivity index (χ4v) is 5.52. The van der Waals surface area contributed by atoms with E-state index in [0.717, 1.165) is 44.5 Å². The minimum absolute atomic E-state index is 0.0121. The molecule has 5 heteroatoms. The van der Waals surface area contributed by atoms with Crippen LogP contribution in [0.2, 0.25) is 0 Å². The highest BCUT2D eigenvalue weighted by Gasteiger charge is 2.13. The van der Waals surface area contributed by atoms with Crippen molar-refractivity contribution >= 4 is 7.60 Å². The van der Waals surface area contributed by atoms with Crippen LogP contribution in [-0.4, -0.2) is 22.6 Å². The van der Waals surface area contributed by atoms with Gasteiger partial charge in [-0.1, -0.05) is 62.9 Å². The van der Waals surface area contributed by atoms with Crippen molar-refractivity contribution in [1.29, 1.82) is 0 Å². The fourth-order valence-electron chi connectivity index (χ4n) is 4.89. The molecule has 1 unspecified atom stereocenters. The van der Waals surface area contributed by atoms with E-state index >= 15 is 0 Å². The molecule has 2 N–H and O–H groups in total. The molecule has 196 valence electrons. The van der Waals surface area contributed by atoms with Crippen LogP contribution in [0.5, 0.6) is 5.75 Å². The first-order chi connectivity index (χ1) is 16.6. The molecule has 0 aliphatic rings. The van der Waals surface area contributed by atoms with Gasteiger partial charge in [0.25, 0.3) is 0 Å². The van der Waals surface area contributed by atoms with Gasteiger partial charge in [-0.3, -0.25) is 4.57 Å². The van der Waals surface area contributed by atoms with Crippen molar-refractivity contribution in [3.05, 3.63) is 63.7 Å². The maximum atomic E-state index is 11.0. The maximum absolute atomic E-state index is 11.0. The molecular formula is C30H47O4P. The standard InChI is InChI=1S/C30H47O4P/c1-6-7-12-27(22-29-16-15-23(2)24(3)19-29)14-11-17-34-30-25(4)20-28(21-26(30)5)13-9-8-10-18-35(31,32)33/h15-16,19-21,27H,6-14,17-18,22H2,1-5H3,(H2,31,32,33). The minimum atomic E-state index is -3.86. The van der Waals surface area contributed by atoms with Gasteiger partial charge in [0.05, 0.1) is 6.61 Å². The van der Waals surface area contributed by atoms with Crippen molar-refractivity contribution in [2.75, 3.05) is 12.8 Å². The maximum Gasteiger partial charge on any atom is 0.325 e. The first-order valence-electron chi connectivity index (χ1n) is 13.4. The van der Waals surface area contributed by atoms with E-state index in [1.54, 1.807) is 0 Å². The first kappa shape index (κ1) is 29.6. The van der Waals surface area contributed by atoms with E-state index in [1.165, 1.54) is 59.1 Å². The summed E-state index contributed by atoms with van der Waals surface area (Å²) in [7, 11) is -3.86. The molecule has 35 heavy (non-hydrogen) atoms. The summed E-state index contributed by atoms with van der Waals surface area (Å²) >= 11 is 0. The van der Waals surface area contributed by atoms with Crippen molar-refractivity contribution < 1.29 is 19.1 Å². The second-order valence-electron chi connectivity index (χ2n) is 10.4. The van der Waals surface area contributed by atoms with Gasteiger partial charge in [0.1, 0.15) is 5.75 Å². The molecule has 0 heterocycles. The Bertz CT molecular complexity index is 940. The number of hydrogen-bond donors (Lipinski definition) is 2. The lowest BCUT2D eigenvalue weighted by molar-refractivity contribution is 0.283. The number of unbranched alkanes of at least 4 members (excludes halogenated alkanes) is 3. The first-order valence-corrected chi connectivity index (χ1v) is 15.2. The second kappa shape index (κ2) is 14.8. The molecule has 4 nitrogen and oxygen atoms in total. The van der Waals surface area contributed by atoms with Crippen LogP contribution < -0.4 is 4.74 Å². The molecule has 0 aromatic heterocycles. The third-order valence-electron chi connectivity index (χ3n) is 7.00. The topological polar surface area (TPSA) is 66.8 Å². The number of aryl methyl sites for hydroxylation is 5. The van der Waals surface area contributed by atoms with Gasteiger partial charge in [-0.25, -0.2) is 0 Å². The molecule has 0 aliphatic heterocycles. The average Bonchev–Trinajstić information content (AvgIpc) is 2.77. The highest BCUT2D eigenvalue weighted by Crippen LogP contribution is 2.35. The Morgan fingerprint density at radius 3 is 2.09 bits per heavy atom. The smallest absolute Gasteiger partial charge is 0.325 e. The lowest BCUT2D eigenvalue weighted by Gasteiger charge is -2.19. The Kier molecular flexibility index (Phi) is 12.6. The molecular weight excluding hydrogens is 455 g/mol. The van der Waals surface area contributed by atoms with Gasteiger partial charge in [-0.2, -0.15) is 0 Å². The van der Waals surface area contributed by atoms with Crippen molar-refractivity contribution in [1.82, 2.24) is 0 Å². The lowest BCUT2D eigenvalue weighted by Crippen LogP contribution is -2.09. The van der Waals surface area contributed by atoms with Crippen molar-refractivity contribution in [2.24, 2.45) is 5.92 Å². The molecule has 0 saturated carbocycles. The van der Waals surface area contributed by atoms with E-state index in [4.69, 9.17) is 14.5 Å². The Labute approximate surface area is 213 Å². The van der Waals surface area contributed by atoms with Crippen LogP contribution in [0.3, 0.4) is 0 Å². The molecule has 0 fully saturated rings. The largest absolute Gasteiger partial charge is 0.493 e. The Hall–Kier alpha value is -1.61. The zero-order valence-corrected chi connectivity index (χ0v) is 23.5. The van der Waals surface area contributed by atoms with Crippen LogP contribution in [0, 0.1) is 33.6 Å². The van der Waals surface area contributed by atoms with E-state index < -0.39 is 7.60 Å². The van der Waals surface area contributed by atoms with Gasteiger partial charge in [0.2, 0.25) is 0 Å². The summed E-state index contributed by atoms with van der Waals surface area (Å²) in [6, 6.07) is 11.3. The summed E-state index contributed by atoms with van der Waals surface area (Å²) in [6.07, 6.45) is 10.5. The van der Waals surface area contributed by atoms with Crippen LogP contribution in [0.4, 0.5) is 0 Å². The highest BCUT2D eigenvalue weighted by molar-refractivity contribution is 7.51. The van der Waals surface area contributed by atoms with Crippen molar-refractivity contribution in [3.8, 4) is 5.75 Å². The SMILES string of the molecule is CCCCC(CCCOc1c(C)cc(CCCCCP(=O)(O)O)cc1C)Cc1ccc(C)c(C)c1. The molecule has 2 rings (SSSR count). The van der Waals surface area contributed by atoms with Gasteiger partial charge in [-0.15, -0.1) is 0 Å². The predicted molar refractivity (Wildman–Crippen MR) is 148 cm³/mol. The van der Waals surface area contributed by atoms with Crippen molar-refractivity contribution in [2.45, 2.75) is 98.8 Å². The van der Waals surface area contributed by atoms with Crippen LogP contribution in [-0.2, 0) is 17.4 Å². The summed E-state index contributed by atoms with van der Waals surface area (Å²) in [4.78, 5) is 18.0. The molecule has 0 spiro atoms. The number of ether oxygens (including phenoxy) is 1. The van der Waals surface area contributed by atoms with Gasteiger partial charge in [0.15, 0.2) is 0 Å². The van der Waals surface area contributed by atoms with Crippen LogP contribution in [0.25, 0.3) is 0 Å². The zero-order valence-electron chi connectivity index (χ0n) is 22.6. The van der Waals surface area contributed by atoms with Crippen LogP contribution in [0.15, 0.2) is 30.3 Å². The third-order valence-corrected chi connectivity index (χ3v) is 7.90. The Morgan fingerprint density at radius 2 is 1.46 bits per heavy atom. The predicted octanol–water partition coefficient (Wildman–Crippen LogP) is 8.02. The molecule has 0 amide bonds. The summed E-state index contributed by atoms with van der Waals surface area (Å²) in [5.41, 5.74) is 7.83. The van der Waals surface area contributed by atoms with E-state index in [9.17, 15) is 4.57 Å². The summed E-state index contributed by atoms with van der Waals surface area (Å²) in [5, 5.41) is 0. The molecule has 0 bridgehead atoms. The highest BCUT2D eigenvalue weighted by atomic mass is 31.2. The van der Waals surface area contributed by atoms with Gasteiger partial charge in [0, 0.05) is 6.16 Å². The van der Waals surface area contributed by atoms with Crippen molar-refractivity contribution in [3.63, 3.8) is 0 Å². The minimum Gasteiger partial charge on any atom is -0.493 e. The Balaban J connectivity index is 1.83. The van der Waals surface area contributed by atoms with Crippen LogP contribution in [0.1, 0.15) is 91.7 Å². The summed E-state index contributed by atoms with van der Waals surface area (Å²) < 4.78 is 17.2. The number of benzene rings is 2. The van der Waals surface area contributed by atoms with Gasteiger partial charge < -0.3 is 14.5 Å². The molecule has 2 aromatic carbocycles. The van der Waals surface area contributed by atoms with Gasteiger partial charge >= 0.3 is 7.60 Å². The second-order valence-corrected chi connectivity index (χ2v) is 12.2. The number of hydrogen-bond acceptors (Lipinski definition) is 2. The molecule has 0 aliphatic carbocycles.